The Kier molecular flexibility index (Phi) is 4.48. The highest BCUT2D eigenvalue weighted by atomic mass is 19.4. The summed E-state index contributed by atoms with van der Waals surface area (Å²) in [5.74, 6) is 0.883. The molecule has 144 valence electrons. The monoisotopic (exact) mass is 397 g/mol. The van der Waals surface area contributed by atoms with Gasteiger partial charge in [-0.3, -0.25) is 0 Å². The average molecular weight is 397 g/mol. The minimum absolute atomic E-state index is 0.180. The Hall–Kier alpha value is -4.13. The Morgan fingerprint density at radius 3 is 2.07 bits per heavy atom. The van der Waals surface area contributed by atoms with E-state index in [4.69, 9.17) is 14.7 Å². The van der Waals surface area contributed by atoms with Crippen LogP contribution < -0.4 is 9.47 Å². The summed E-state index contributed by atoms with van der Waals surface area (Å²) < 4.78 is 51.4. The van der Waals surface area contributed by atoms with Gasteiger partial charge in [-0.15, -0.1) is 0 Å². The van der Waals surface area contributed by atoms with E-state index in [1.165, 1.54) is 12.1 Å². The first-order chi connectivity index (χ1) is 13.9. The Balaban J connectivity index is 1.56. The first-order valence-electron chi connectivity index (χ1n) is 8.16. The number of hydrogen-bond acceptors (Lipinski definition) is 6. The molecule has 0 bridgehead atoms. The fourth-order valence-electron chi connectivity index (χ4n) is 2.43. The summed E-state index contributed by atoms with van der Waals surface area (Å²) in [6, 6.07) is 15.6. The van der Waals surface area contributed by atoms with E-state index in [-0.39, 0.29) is 17.4 Å². The summed E-state index contributed by atoms with van der Waals surface area (Å²) in [5.41, 5.74) is -0.620. The Labute approximate surface area is 161 Å². The first-order valence-corrected chi connectivity index (χ1v) is 8.16. The third-order valence-corrected chi connectivity index (χ3v) is 3.77. The van der Waals surface area contributed by atoms with Crippen LogP contribution >= 0.6 is 0 Å². The number of rotatable bonds is 4. The molecule has 0 saturated heterocycles. The van der Waals surface area contributed by atoms with Crippen LogP contribution in [0.2, 0.25) is 0 Å². The quantitative estimate of drug-likeness (QED) is 0.500. The van der Waals surface area contributed by atoms with Gasteiger partial charge in [0.25, 0.3) is 5.78 Å². The number of ether oxygens (including phenoxy) is 2. The fourth-order valence-corrected chi connectivity index (χ4v) is 2.43. The Morgan fingerprint density at radius 2 is 1.48 bits per heavy atom. The van der Waals surface area contributed by atoms with Gasteiger partial charge in [0.2, 0.25) is 5.88 Å². The van der Waals surface area contributed by atoms with E-state index in [0.717, 1.165) is 16.9 Å². The van der Waals surface area contributed by atoms with Gasteiger partial charge >= 0.3 is 6.18 Å². The molecule has 0 aliphatic heterocycles. The predicted molar refractivity (Wildman–Crippen MR) is 93.5 cm³/mol. The molecule has 0 amide bonds. The zero-order chi connectivity index (χ0) is 20.4. The molecule has 0 fully saturated rings. The number of aromatic nitrogens is 4. The van der Waals surface area contributed by atoms with E-state index in [1.54, 1.807) is 36.4 Å². The maximum absolute atomic E-state index is 13.0. The zero-order valence-corrected chi connectivity index (χ0v) is 14.5. The highest BCUT2D eigenvalue weighted by Crippen LogP contribution is 2.32. The van der Waals surface area contributed by atoms with Crippen molar-refractivity contribution in [2.75, 3.05) is 0 Å². The van der Waals surface area contributed by atoms with E-state index in [2.05, 4.69) is 15.1 Å². The lowest BCUT2D eigenvalue weighted by Gasteiger charge is -2.11. The second-order valence-corrected chi connectivity index (χ2v) is 5.76. The van der Waals surface area contributed by atoms with Crippen molar-refractivity contribution in [2.45, 2.75) is 6.18 Å². The van der Waals surface area contributed by atoms with Crippen molar-refractivity contribution >= 4 is 5.78 Å². The molecule has 0 unspecified atom stereocenters. The van der Waals surface area contributed by atoms with Crippen LogP contribution in [-0.2, 0) is 6.18 Å². The lowest BCUT2D eigenvalue weighted by molar-refractivity contribution is -0.141. The highest BCUT2D eigenvalue weighted by Gasteiger charge is 2.34. The molecular formula is C19H10F3N5O2. The van der Waals surface area contributed by atoms with Crippen molar-refractivity contribution in [3.05, 3.63) is 72.2 Å². The molecule has 10 heteroatoms. The maximum Gasteiger partial charge on any atom is 0.433 e. The molecular weight excluding hydrogens is 387 g/mol. The maximum atomic E-state index is 13.0. The lowest BCUT2D eigenvalue weighted by Crippen LogP contribution is -2.10. The zero-order valence-electron chi connectivity index (χ0n) is 14.5. The SMILES string of the molecule is N#Cc1ccc(Oc2ccc(Oc3cc(C(F)(F)F)nc4ncnn34)cc2)cc1. The summed E-state index contributed by atoms with van der Waals surface area (Å²) in [7, 11) is 0. The van der Waals surface area contributed by atoms with E-state index in [0.29, 0.717) is 17.1 Å². The molecule has 0 aliphatic carbocycles. The molecule has 0 aliphatic rings. The van der Waals surface area contributed by atoms with Crippen LogP contribution in [0.3, 0.4) is 0 Å². The summed E-state index contributed by atoms with van der Waals surface area (Å²) in [4.78, 5) is 7.12. The van der Waals surface area contributed by atoms with Crippen LogP contribution in [0.15, 0.2) is 60.9 Å². The lowest BCUT2D eigenvalue weighted by atomic mass is 10.2. The fraction of sp³-hybridized carbons (Fsp3) is 0.0526. The third kappa shape index (κ3) is 3.93. The molecule has 0 saturated carbocycles. The number of alkyl halides is 3. The van der Waals surface area contributed by atoms with Crippen molar-refractivity contribution in [1.29, 1.82) is 5.26 Å². The molecule has 2 aromatic carbocycles. The molecule has 0 N–H and O–H groups in total. The second kappa shape index (κ2) is 7.12. The largest absolute Gasteiger partial charge is 0.457 e. The number of benzene rings is 2. The summed E-state index contributed by atoms with van der Waals surface area (Å²) in [6.45, 7) is 0. The molecule has 2 heterocycles. The molecule has 4 aromatic rings. The van der Waals surface area contributed by atoms with Gasteiger partial charge in [0.15, 0.2) is 5.69 Å². The Morgan fingerprint density at radius 1 is 0.897 bits per heavy atom. The highest BCUT2D eigenvalue weighted by molar-refractivity contribution is 5.41. The standard InChI is InChI=1S/C19H10F3N5O2/c20-19(21,22)16-9-17(27-18(26-16)24-11-25-27)29-15-7-5-14(6-8-15)28-13-3-1-12(10-23)2-4-13/h1-9,11H. The van der Waals surface area contributed by atoms with Gasteiger partial charge in [-0.25, -0.2) is 4.98 Å². The number of hydrogen-bond donors (Lipinski definition) is 0. The van der Waals surface area contributed by atoms with E-state index in [9.17, 15) is 13.2 Å². The van der Waals surface area contributed by atoms with E-state index < -0.39 is 11.9 Å². The van der Waals surface area contributed by atoms with Crippen LogP contribution in [0.5, 0.6) is 23.1 Å². The minimum atomic E-state index is -4.65. The number of fused-ring (bicyclic) bond motifs is 1. The van der Waals surface area contributed by atoms with Gasteiger partial charge in [-0.05, 0) is 48.5 Å². The molecule has 0 spiro atoms. The summed E-state index contributed by atoms with van der Waals surface area (Å²) >= 11 is 0. The topological polar surface area (TPSA) is 85.3 Å². The predicted octanol–water partition coefficient (Wildman–Crippen LogP) is 4.60. The number of nitriles is 1. The van der Waals surface area contributed by atoms with E-state index in [1.807, 2.05) is 6.07 Å². The van der Waals surface area contributed by atoms with Crippen molar-refractivity contribution < 1.29 is 22.6 Å². The van der Waals surface area contributed by atoms with Gasteiger partial charge < -0.3 is 9.47 Å². The van der Waals surface area contributed by atoms with Crippen LogP contribution in [0, 0.1) is 11.3 Å². The van der Waals surface area contributed by atoms with Crippen molar-refractivity contribution in [3.8, 4) is 29.2 Å². The van der Waals surface area contributed by atoms with Crippen LogP contribution in [-0.4, -0.2) is 19.6 Å². The molecule has 0 radical (unpaired) electrons. The summed E-state index contributed by atoms with van der Waals surface area (Å²) in [5, 5.41) is 12.6. The molecule has 2 aromatic heterocycles. The second-order valence-electron chi connectivity index (χ2n) is 5.76. The third-order valence-electron chi connectivity index (χ3n) is 3.77. The molecule has 7 nitrogen and oxygen atoms in total. The molecule has 0 atom stereocenters. The first kappa shape index (κ1) is 18.2. The van der Waals surface area contributed by atoms with Crippen molar-refractivity contribution in [1.82, 2.24) is 19.6 Å². The van der Waals surface area contributed by atoms with Gasteiger partial charge in [-0.2, -0.15) is 33.0 Å². The molecule has 4 rings (SSSR count). The smallest absolute Gasteiger partial charge is 0.433 e. The van der Waals surface area contributed by atoms with Gasteiger partial charge in [0.1, 0.15) is 23.6 Å². The van der Waals surface area contributed by atoms with Gasteiger partial charge in [0, 0.05) is 6.07 Å². The van der Waals surface area contributed by atoms with Gasteiger partial charge in [0.05, 0.1) is 11.6 Å². The van der Waals surface area contributed by atoms with Crippen LogP contribution in [0.25, 0.3) is 5.78 Å². The van der Waals surface area contributed by atoms with Crippen molar-refractivity contribution in [2.24, 2.45) is 0 Å². The minimum Gasteiger partial charge on any atom is -0.457 e. The summed E-state index contributed by atoms with van der Waals surface area (Å²) in [6.07, 6.45) is -3.56. The van der Waals surface area contributed by atoms with Crippen LogP contribution in [0.1, 0.15) is 11.3 Å². The average Bonchev–Trinajstić information content (AvgIpc) is 3.18. The van der Waals surface area contributed by atoms with E-state index >= 15 is 0 Å². The van der Waals surface area contributed by atoms with Gasteiger partial charge in [-0.1, -0.05) is 0 Å². The number of halogens is 3. The molecule has 29 heavy (non-hydrogen) atoms. The Bertz CT molecular complexity index is 1200. The number of nitrogens with zero attached hydrogens (tertiary/aromatic N) is 5. The van der Waals surface area contributed by atoms with Crippen LogP contribution in [0.4, 0.5) is 13.2 Å². The normalized spacial score (nSPS) is 11.2. The van der Waals surface area contributed by atoms with Crippen molar-refractivity contribution in [3.63, 3.8) is 0 Å².